The first-order chi connectivity index (χ1) is 11.8. The molecule has 0 fully saturated rings. The van der Waals surface area contributed by atoms with Gasteiger partial charge < -0.3 is 4.74 Å². The molecule has 0 saturated carbocycles. The highest BCUT2D eigenvalue weighted by atomic mass is 16.5. The Labute approximate surface area is 141 Å². The van der Waals surface area contributed by atoms with Crippen LogP contribution in [0.15, 0.2) is 66.7 Å². The van der Waals surface area contributed by atoms with E-state index in [2.05, 4.69) is 42.4 Å². The summed E-state index contributed by atoms with van der Waals surface area (Å²) in [6.45, 7) is 7.89. The molecule has 2 aromatic carbocycles. The van der Waals surface area contributed by atoms with Gasteiger partial charge in [0.2, 0.25) is 0 Å². The van der Waals surface area contributed by atoms with E-state index in [9.17, 15) is 0 Å². The van der Waals surface area contributed by atoms with Crippen molar-refractivity contribution < 1.29 is 4.74 Å². The van der Waals surface area contributed by atoms with E-state index in [-0.39, 0.29) is 5.92 Å². The zero-order valence-corrected chi connectivity index (χ0v) is 13.5. The van der Waals surface area contributed by atoms with Crippen LogP contribution in [0.4, 0.5) is 5.69 Å². The van der Waals surface area contributed by atoms with Crippen LogP contribution >= 0.6 is 0 Å². The van der Waals surface area contributed by atoms with E-state index in [1.807, 2.05) is 36.6 Å². The van der Waals surface area contributed by atoms with E-state index in [4.69, 9.17) is 4.74 Å². The summed E-state index contributed by atoms with van der Waals surface area (Å²) >= 11 is 0. The maximum atomic E-state index is 6.36. The average molecular weight is 313 g/mol. The van der Waals surface area contributed by atoms with Crippen molar-refractivity contribution >= 4 is 23.7 Å². The number of allylic oxidation sites excluding steroid dienone is 1. The minimum atomic E-state index is 0.0976. The van der Waals surface area contributed by atoms with Crippen molar-refractivity contribution in [3.05, 3.63) is 72.1 Å². The second kappa shape index (κ2) is 5.97. The number of nitrogens with zero attached hydrogens (tertiary/aromatic N) is 1. The number of hydrogen-bond donors (Lipinski definition) is 0. The van der Waals surface area contributed by atoms with Crippen molar-refractivity contribution in [1.82, 2.24) is 0 Å². The van der Waals surface area contributed by atoms with Gasteiger partial charge in [-0.3, -0.25) is 4.99 Å². The van der Waals surface area contributed by atoms with Crippen LogP contribution in [0.5, 0.6) is 5.75 Å². The zero-order chi connectivity index (χ0) is 16.5. The van der Waals surface area contributed by atoms with Gasteiger partial charge in [-0.05, 0) is 24.1 Å². The highest BCUT2D eigenvalue weighted by Gasteiger charge is 2.23. The van der Waals surface area contributed by atoms with Gasteiger partial charge in [-0.25, -0.2) is 0 Å². The predicted molar refractivity (Wildman–Crippen MR) is 101 cm³/mol. The molecule has 0 saturated heterocycles. The molecule has 0 N–H and O–H groups in total. The van der Waals surface area contributed by atoms with Gasteiger partial charge in [-0.1, -0.05) is 42.5 Å². The van der Waals surface area contributed by atoms with Gasteiger partial charge in [0.25, 0.3) is 0 Å². The Morgan fingerprint density at radius 1 is 1.12 bits per heavy atom. The van der Waals surface area contributed by atoms with Crippen molar-refractivity contribution in [2.45, 2.75) is 12.8 Å². The molecule has 2 aliphatic heterocycles. The molecule has 2 heteroatoms. The highest BCUT2D eigenvalue weighted by Crippen LogP contribution is 2.35. The summed E-state index contributed by atoms with van der Waals surface area (Å²) in [5.74, 6) is 1.94. The maximum absolute atomic E-state index is 6.36. The Kier molecular flexibility index (Phi) is 3.66. The number of fused-ring (bicyclic) bond motifs is 5. The van der Waals surface area contributed by atoms with Gasteiger partial charge in [-0.15, -0.1) is 13.2 Å². The first-order valence-corrected chi connectivity index (χ1v) is 8.24. The Hall–Kier alpha value is -2.87. The molecule has 1 atom stereocenters. The van der Waals surface area contributed by atoms with Gasteiger partial charge in [0, 0.05) is 34.6 Å². The first-order valence-electron chi connectivity index (χ1n) is 8.24. The van der Waals surface area contributed by atoms with Crippen LogP contribution in [-0.4, -0.2) is 6.21 Å². The number of ether oxygens (including phenoxy) is 1. The summed E-state index contributed by atoms with van der Waals surface area (Å²) in [6, 6.07) is 12.4. The fourth-order valence-electron chi connectivity index (χ4n) is 3.44. The molecule has 24 heavy (non-hydrogen) atoms. The summed E-state index contributed by atoms with van der Waals surface area (Å²) in [5.41, 5.74) is 3.33. The molecule has 2 nitrogen and oxygen atoms in total. The summed E-state index contributed by atoms with van der Waals surface area (Å²) in [4.78, 5) is 4.55. The number of aliphatic imine (C=N–C) groups is 1. The molecule has 118 valence electrons. The van der Waals surface area contributed by atoms with Crippen molar-refractivity contribution in [2.75, 3.05) is 0 Å². The van der Waals surface area contributed by atoms with E-state index >= 15 is 0 Å². The lowest BCUT2D eigenvalue weighted by molar-refractivity contribution is 0.456. The number of para-hydroxylation sites is 1. The second-order valence-corrected chi connectivity index (χ2v) is 6.00. The third kappa shape index (κ3) is 2.23. The largest absolute Gasteiger partial charge is 0.460 e. The summed E-state index contributed by atoms with van der Waals surface area (Å²) < 4.78 is 6.36. The van der Waals surface area contributed by atoms with Crippen LogP contribution in [0.25, 0.3) is 23.0 Å². The van der Waals surface area contributed by atoms with Crippen LogP contribution < -0.4 is 15.2 Å². The molecule has 0 amide bonds. The molecule has 2 aliphatic rings. The average Bonchev–Trinajstić information content (AvgIpc) is 2.65. The molecule has 0 aromatic heterocycles. The van der Waals surface area contributed by atoms with Crippen LogP contribution in [0.2, 0.25) is 0 Å². The lowest BCUT2D eigenvalue weighted by atomic mass is 9.91. The van der Waals surface area contributed by atoms with Gasteiger partial charge in [0.05, 0.1) is 5.69 Å². The van der Waals surface area contributed by atoms with Crippen molar-refractivity contribution in [1.29, 1.82) is 0 Å². The second-order valence-electron chi connectivity index (χ2n) is 6.00. The summed E-state index contributed by atoms with van der Waals surface area (Å²) in [5, 5.41) is 2.31. The zero-order valence-electron chi connectivity index (χ0n) is 13.5. The van der Waals surface area contributed by atoms with Gasteiger partial charge in [0.15, 0.2) is 0 Å². The van der Waals surface area contributed by atoms with Crippen LogP contribution in [0.3, 0.4) is 0 Å². The lowest BCUT2D eigenvalue weighted by Crippen LogP contribution is -2.36. The molecule has 2 aromatic rings. The predicted octanol–water partition coefficient (Wildman–Crippen LogP) is 4.12. The fraction of sp³-hybridized carbons (Fsp3) is 0.136. The number of hydrogen-bond acceptors (Lipinski definition) is 2. The first kappa shape index (κ1) is 14.7. The Bertz CT molecular complexity index is 982. The highest BCUT2D eigenvalue weighted by molar-refractivity contribution is 5.81. The molecule has 0 aliphatic carbocycles. The van der Waals surface area contributed by atoms with E-state index in [1.54, 1.807) is 0 Å². The lowest BCUT2D eigenvalue weighted by Gasteiger charge is -2.25. The van der Waals surface area contributed by atoms with Crippen molar-refractivity contribution in [3.63, 3.8) is 0 Å². The van der Waals surface area contributed by atoms with Crippen molar-refractivity contribution in [2.24, 2.45) is 10.9 Å². The molecule has 0 spiro atoms. The van der Waals surface area contributed by atoms with Gasteiger partial charge >= 0.3 is 0 Å². The van der Waals surface area contributed by atoms with Gasteiger partial charge in [-0.2, -0.15) is 0 Å². The summed E-state index contributed by atoms with van der Waals surface area (Å²) in [6.07, 6.45) is 9.68. The van der Waals surface area contributed by atoms with E-state index in [1.165, 1.54) is 5.56 Å². The normalized spacial score (nSPS) is 15.2. The Morgan fingerprint density at radius 2 is 2.00 bits per heavy atom. The molecule has 1 unspecified atom stereocenters. The van der Waals surface area contributed by atoms with Crippen molar-refractivity contribution in [3.8, 4) is 16.9 Å². The molecule has 0 radical (unpaired) electrons. The topological polar surface area (TPSA) is 21.6 Å². The Balaban J connectivity index is 2.12. The van der Waals surface area contributed by atoms with E-state index in [0.717, 1.165) is 46.0 Å². The fourth-order valence-corrected chi connectivity index (χ4v) is 3.44. The minimum Gasteiger partial charge on any atom is -0.460 e. The SMILES string of the molecule is C=CCC(C=C)C1=c2c(ccc3c2=CCC=N3)-c2ccccc2O1. The van der Waals surface area contributed by atoms with Gasteiger partial charge in [0.1, 0.15) is 11.5 Å². The number of rotatable bonds is 4. The van der Waals surface area contributed by atoms with Crippen LogP contribution in [0.1, 0.15) is 12.8 Å². The quantitative estimate of drug-likeness (QED) is 0.778. The molecule has 4 rings (SSSR count). The molecular formula is C22H19NO. The minimum absolute atomic E-state index is 0.0976. The third-order valence-electron chi connectivity index (χ3n) is 4.57. The van der Waals surface area contributed by atoms with E-state index in [0.29, 0.717) is 0 Å². The van der Waals surface area contributed by atoms with Crippen LogP contribution in [0, 0.1) is 5.92 Å². The van der Waals surface area contributed by atoms with Crippen LogP contribution in [-0.2, 0) is 0 Å². The Morgan fingerprint density at radius 3 is 2.83 bits per heavy atom. The molecule has 0 bridgehead atoms. The van der Waals surface area contributed by atoms with E-state index < -0.39 is 0 Å². The maximum Gasteiger partial charge on any atom is 0.134 e. The smallest absolute Gasteiger partial charge is 0.134 e. The standard InChI is InChI=1S/C22H19NO/c1-3-8-15(4-2)22-21-17(16-9-5-6-11-20(16)24-22)12-13-19-18(21)10-7-14-23-19/h3-6,9-15H,1-2,7-8H2. The molecule has 2 heterocycles. The number of benzene rings is 2. The summed E-state index contributed by atoms with van der Waals surface area (Å²) in [7, 11) is 0. The monoisotopic (exact) mass is 313 g/mol. The third-order valence-corrected chi connectivity index (χ3v) is 4.57. The molecular weight excluding hydrogens is 294 g/mol.